The number of amides is 1. The van der Waals surface area contributed by atoms with Gasteiger partial charge in [-0.2, -0.15) is 0 Å². The van der Waals surface area contributed by atoms with E-state index in [1.807, 2.05) is 18.2 Å². The molecule has 1 aromatic carbocycles. The molecule has 2 saturated heterocycles. The number of esters is 1. The lowest BCUT2D eigenvalue weighted by molar-refractivity contribution is -0.141. The fourth-order valence-corrected chi connectivity index (χ4v) is 4.09. The van der Waals surface area contributed by atoms with Crippen molar-refractivity contribution in [2.24, 2.45) is 11.8 Å². The van der Waals surface area contributed by atoms with Crippen LogP contribution in [0.2, 0.25) is 0 Å². The summed E-state index contributed by atoms with van der Waals surface area (Å²) >= 11 is 0. The highest BCUT2D eigenvalue weighted by molar-refractivity contribution is 5.96. The van der Waals surface area contributed by atoms with Crippen LogP contribution >= 0.6 is 0 Å². The Balaban J connectivity index is 1.43. The summed E-state index contributed by atoms with van der Waals surface area (Å²) in [6.07, 6.45) is 2.40. The molecule has 2 fully saturated rings. The number of rotatable bonds is 5. The highest BCUT2D eigenvalue weighted by Gasteiger charge is 2.46. The SMILES string of the molecule is Cc1cc(CCCc2ccccc2)oc(=O)c1C(=O)N1C[C@@H]2COC(=O)[C@@H]2C1. The van der Waals surface area contributed by atoms with E-state index in [1.165, 1.54) is 5.56 Å². The minimum Gasteiger partial charge on any atom is -0.465 e. The maximum Gasteiger partial charge on any atom is 0.349 e. The van der Waals surface area contributed by atoms with Crippen molar-refractivity contribution in [1.82, 2.24) is 4.90 Å². The Morgan fingerprint density at radius 2 is 1.93 bits per heavy atom. The van der Waals surface area contributed by atoms with Gasteiger partial charge in [-0.15, -0.1) is 0 Å². The second-order valence-electron chi connectivity index (χ2n) is 7.60. The van der Waals surface area contributed by atoms with E-state index in [0.717, 1.165) is 12.8 Å². The largest absolute Gasteiger partial charge is 0.465 e. The van der Waals surface area contributed by atoms with Crippen molar-refractivity contribution in [3.05, 3.63) is 69.3 Å². The number of likely N-dealkylation sites (tertiary alicyclic amines) is 1. The lowest BCUT2D eigenvalue weighted by atomic mass is 10.0. The molecule has 1 aromatic heterocycles. The van der Waals surface area contributed by atoms with Crippen LogP contribution in [-0.4, -0.2) is 36.5 Å². The molecular weight excluding hydrogens is 358 g/mol. The molecular formula is C22H23NO5. The van der Waals surface area contributed by atoms with Crippen LogP contribution in [0.25, 0.3) is 0 Å². The van der Waals surface area contributed by atoms with Gasteiger partial charge in [-0.25, -0.2) is 4.79 Å². The second kappa shape index (κ2) is 7.62. The van der Waals surface area contributed by atoms with E-state index in [2.05, 4.69) is 12.1 Å². The molecule has 0 unspecified atom stereocenters. The molecule has 146 valence electrons. The molecule has 0 radical (unpaired) electrons. The van der Waals surface area contributed by atoms with Crippen LogP contribution in [0.5, 0.6) is 0 Å². The minimum absolute atomic E-state index is 0.0288. The van der Waals surface area contributed by atoms with Crippen molar-refractivity contribution >= 4 is 11.9 Å². The van der Waals surface area contributed by atoms with E-state index in [1.54, 1.807) is 17.9 Å². The number of hydrogen-bond acceptors (Lipinski definition) is 5. The number of benzene rings is 1. The first kappa shape index (κ1) is 18.5. The van der Waals surface area contributed by atoms with E-state index in [4.69, 9.17) is 9.15 Å². The number of nitrogens with zero attached hydrogens (tertiary/aromatic N) is 1. The second-order valence-corrected chi connectivity index (χ2v) is 7.60. The molecule has 0 spiro atoms. The summed E-state index contributed by atoms with van der Waals surface area (Å²) < 4.78 is 10.5. The molecule has 2 atom stereocenters. The topological polar surface area (TPSA) is 76.8 Å². The summed E-state index contributed by atoms with van der Waals surface area (Å²) in [5.74, 6) is -0.256. The third kappa shape index (κ3) is 3.59. The molecule has 0 N–H and O–H groups in total. The monoisotopic (exact) mass is 381 g/mol. The van der Waals surface area contributed by atoms with Crippen molar-refractivity contribution in [1.29, 1.82) is 0 Å². The van der Waals surface area contributed by atoms with Gasteiger partial charge in [0.2, 0.25) is 0 Å². The summed E-state index contributed by atoms with van der Waals surface area (Å²) in [7, 11) is 0. The molecule has 28 heavy (non-hydrogen) atoms. The van der Waals surface area contributed by atoms with Crippen LogP contribution < -0.4 is 5.63 Å². The van der Waals surface area contributed by atoms with Gasteiger partial charge in [0.05, 0.1) is 12.5 Å². The molecule has 1 amide bonds. The summed E-state index contributed by atoms with van der Waals surface area (Å²) in [4.78, 5) is 38.6. The van der Waals surface area contributed by atoms with E-state index in [9.17, 15) is 14.4 Å². The molecule has 0 saturated carbocycles. The predicted octanol–water partition coefficient (Wildman–Crippen LogP) is 2.37. The Labute approximate surface area is 163 Å². The van der Waals surface area contributed by atoms with Gasteiger partial charge < -0.3 is 14.1 Å². The number of aryl methyl sites for hydroxylation is 3. The zero-order valence-corrected chi connectivity index (χ0v) is 15.8. The Morgan fingerprint density at radius 1 is 1.14 bits per heavy atom. The Hall–Kier alpha value is -2.89. The maximum absolute atomic E-state index is 12.9. The van der Waals surface area contributed by atoms with Gasteiger partial charge in [0.25, 0.3) is 5.91 Å². The van der Waals surface area contributed by atoms with Crippen molar-refractivity contribution in [3.63, 3.8) is 0 Å². The zero-order chi connectivity index (χ0) is 19.7. The van der Waals surface area contributed by atoms with Crippen LogP contribution in [0.4, 0.5) is 0 Å². The summed E-state index contributed by atoms with van der Waals surface area (Å²) in [5.41, 5.74) is 1.33. The molecule has 2 aromatic rings. The van der Waals surface area contributed by atoms with E-state index >= 15 is 0 Å². The van der Waals surface area contributed by atoms with Crippen molar-refractivity contribution < 1.29 is 18.7 Å². The Kier molecular flexibility index (Phi) is 5.03. The molecule has 2 aliphatic heterocycles. The highest BCUT2D eigenvalue weighted by atomic mass is 16.5. The molecule has 2 aliphatic rings. The van der Waals surface area contributed by atoms with Crippen molar-refractivity contribution in [2.45, 2.75) is 26.2 Å². The average Bonchev–Trinajstić information content (AvgIpc) is 3.24. The number of fused-ring (bicyclic) bond motifs is 1. The van der Waals surface area contributed by atoms with E-state index in [0.29, 0.717) is 37.4 Å². The third-order valence-corrected chi connectivity index (χ3v) is 5.62. The molecule has 6 nitrogen and oxygen atoms in total. The zero-order valence-electron chi connectivity index (χ0n) is 15.8. The number of carbonyl (C=O) groups is 2. The maximum atomic E-state index is 12.9. The Bertz CT molecular complexity index is 949. The number of hydrogen-bond donors (Lipinski definition) is 0. The normalized spacial score (nSPS) is 20.9. The highest BCUT2D eigenvalue weighted by Crippen LogP contribution is 2.31. The van der Waals surface area contributed by atoms with Gasteiger partial charge in [-0.05, 0) is 37.0 Å². The molecule has 4 rings (SSSR count). The first-order chi connectivity index (χ1) is 13.5. The van der Waals surface area contributed by atoms with Crippen LogP contribution in [0.15, 0.2) is 45.6 Å². The van der Waals surface area contributed by atoms with E-state index in [-0.39, 0.29) is 29.3 Å². The Morgan fingerprint density at radius 3 is 2.64 bits per heavy atom. The van der Waals surface area contributed by atoms with Gasteiger partial charge >= 0.3 is 11.6 Å². The number of ether oxygens (including phenoxy) is 1. The quantitative estimate of drug-likeness (QED) is 0.743. The van der Waals surface area contributed by atoms with Crippen LogP contribution in [0.3, 0.4) is 0 Å². The summed E-state index contributed by atoms with van der Waals surface area (Å²) in [6, 6.07) is 11.9. The number of carbonyl (C=O) groups excluding carboxylic acids is 2. The smallest absolute Gasteiger partial charge is 0.349 e. The van der Waals surface area contributed by atoms with Gasteiger partial charge in [-0.3, -0.25) is 9.59 Å². The van der Waals surface area contributed by atoms with Gasteiger partial charge in [0.15, 0.2) is 0 Å². The van der Waals surface area contributed by atoms with Crippen LogP contribution in [-0.2, 0) is 22.4 Å². The predicted molar refractivity (Wildman–Crippen MR) is 102 cm³/mol. The number of cyclic esters (lactones) is 1. The molecule has 6 heteroatoms. The first-order valence-corrected chi connectivity index (χ1v) is 9.66. The summed E-state index contributed by atoms with van der Waals surface area (Å²) in [6.45, 7) is 2.85. The molecule has 0 aliphatic carbocycles. The molecule has 0 bridgehead atoms. The van der Waals surface area contributed by atoms with Crippen molar-refractivity contribution in [2.75, 3.05) is 19.7 Å². The lowest BCUT2D eigenvalue weighted by Gasteiger charge is -2.17. The van der Waals surface area contributed by atoms with Crippen LogP contribution in [0.1, 0.15) is 33.7 Å². The van der Waals surface area contributed by atoms with Gasteiger partial charge in [-0.1, -0.05) is 30.3 Å². The fourth-order valence-electron chi connectivity index (χ4n) is 4.09. The fraction of sp³-hybridized carbons (Fsp3) is 0.409. The standard InChI is InChI=1S/C22H23NO5/c1-14-10-17(9-5-8-15-6-3-2-4-7-15)28-22(26)19(14)20(24)23-11-16-13-27-21(25)18(16)12-23/h2-4,6-7,10,16,18H,5,8-9,11-13H2,1H3/t16-,18-/m1/s1. The first-order valence-electron chi connectivity index (χ1n) is 9.66. The lowest BCUT2D eigenvalue weighted by Crippen LogP contribution is -2.34. The van der Waals surface area contributed by atoms with Gasteiger partial charge in [0, 0.05) is 25.4 Å². The summed E-state index contributed by atoms with van der Waals surface area (Å²) in [5, 5.41) is 0. The van der Waals surface area contributed by atoms with Crippen molar-refractivity contribution in [3.8, 4) is 0 Å². The average molecular weight is 381 g/mol. The molecule has 3 heterocycles. The minimum atomic E-state index is -0.598. The van der Waals surface area contributed by atoms with Crippen LogP contribution in [0, 0.1) is 18.8 Å². The van der Waals surface area contributed by atoms with Gasteiger partial charge in [0.1, 0.15) is 11.3 Å². The third-order valence-electron chi connectivity index (χ3n) is 5.62. The van der Waals surface area contributed by atoms with E-state index < -0.39 is 5.63 Å².